The lowest BCUT2D eigenvalue weighted by Crippen LogP contribution is -2.58. The van der Waals surface area contributed by atoms with E-state index in [1.165, 1.54) is 83.5 Å². The summed E-state index contributed by atoms with van der Waals surface area (Å²) in [4.78, 5) is 2.60. The Labute approximate surface area is 358 Å². The van der Waals surface area contributed by atoms with Gasteiger partial charge in [-0.25, -0.2) is 0 Å². The maximum atomic E-state index is 7.43. The molecule has 3 heteroatoms. The first-order chi connectivity index (χ1) is 28.5. The van der Waals surface area contributed by atoms with Crippen LogP contribution >= 0.6 is 0 Å². The number of fused-ring (bicyclic) bond motifs is 10. The van der Waals surface area contributed by atoms with Crippen LogP contribution in [0, 0.1) is 11.3 Å². The molecule has 2 aliphatic heterocycles. The molecule has 1 aromatic heterocycles. The molecule has 3 aliphatic carbocycles. The third-order valence-electron chi connectivity index (χ3n) is 16.0. The van der Waals surface area contributed by atoms with E-state index in [0.717, 1.165) is 36.9 Å². The Hall–Kier alpha value is -5.02. The van der Waals surface area contributed by atoms with Crippen molar-refractivity contribution in [1.82, 2.24) is 0 Å². The molecule has 0 N–H and O–H groups in total. The molecule has 0 saturated heterocycles. The van der Waals surface area contributed by atoms with Crippen LogP contribution in [-0.2, 0) is 22.7 Å². The van der Waals surface area contributed by atoms with Gasteiger partial charge in [-0.15, -0.1) is 0 Å². The molecule has 2 nitrogen and oxygen atoms in total. The molecule has 11 rings (SSSR count). The zero-order chi connectivity index (χ0) is 41.7. The van der Waals surface area contributed by atoms with Crippen molar-refractivity contribution < 1.29 is 4.42 Å². The third-order valence-corrected chi connectivity index (χ3v) is 16.0. The standard InChI is InChI=1S/C57H60BNO/c1-34-41-19-14-20-49-51(41)58(53-52(45-31-38(55(5,6)7)23-26-50(45)60-53)59(49)40-24-21-37(22-25-40)54(2,3)4)48-33-46-47-32-44(48)43(34)30-36-15-11-12-18-42(36)35-16-13-17-39(29-35)57(47,10)28-27-56(46,8)9/h11-21,23-26,29,31-34,37,43H,22,27-28,30H2,1-10H3/t34?,37?,43-,57?/m1/s1. The molecule has 5 aromatic carbocycles. The molecule has 6 aromatic rings. The molecule has 3 heterocycles. The minimum atomic E-state index is -0.102. The zero-order valence-corrected chi connectivity index (χ0v) is 37.5. The van der Waals surface area contributed by atoms with Crippen molar-refractivity contribution in [3.8, 4) is 11.1 Å². The normalized spacial score (nSPS) is 23.6. The van der Waals surface area contributed by atoms with Crippen LogP contribution in [0.15, 0.2) is 125 Å². The lowest BCUT2D eigenvalue weighted by molar-refractivity contribution is 0.293. The highest BCUT2D eigenvalue weighted by molar-refractivity contribution is 6.98. The number of furan rings is 1. The van der Waals surface area contributed by atoms with Crippen molar-refractivity contribution in [2.24, 2.45) is 11.3 Å². The van der Waals surface area contributed by atoms with Crippen LogP contribution in [0.2, 0.25) is 0 Å². The first-order valence-electron chi connectivity index (χ1n) is 22.8. The van der Waals surface area contributed by atoms with Gasteiger partial charge in [-0.3, -0.25) is 0 Å². The fraction of sp³-hybridized carbons (Fsp3) is 0.368. The largest absolute Gasteiger partial charge is 0.468 e. The maximum Gasteiger partial charge on any atom is 0.293 e. The summed E-state index contributed by atoms with van der Waals surface area (Å²) >= 11 is 0. The summed E-state index contributed by atoms with van der Waals surface area (Å²) in [5.41, 5.74) is 21.7. The van der Waals surface area contributed by atoms with Gasteiger partial charge in [0.15, 0.2) is 0 Å². The molecule has 0 saturated carbocycles. The molecular formula is C57H60BNO. The summed E-state index contributed by atoms with van der Waals surface area (Å²) in [6.07, 6.45) is 11.6. The Morgan fingerprint density at radius 2 is 1.58 bits per heavy atom. The number of allylic oxidation sites excluding steroid dienone is 3. The van der Waals surface area contributed by atoms with Crippen molar-refractivity contribution in [2.45, 2.75) is 123 Å². The Bertz CT molecular complexity index is 2830. The Morgan fingerprint density at radius 1 is 0.783 bits per heavy atom. The van der Waals surface area contributed by atoms with E-state index in [-0.39, 0.29) is 40.2 Å². The van der Waals surface area contributed by atoms with E-state index in [1.54, 1.807) is 0 Å². The summed E-state index contributed by atoms with van der Waals surface area (Å²) < 4.78 is 7.43. The van der Waals surface area contributed by atoms with Crippen LogP contribution in [0.1, 0.15) is 139 Å². The van der Waals surface area contributed by atoms with Crippen LogP contribution < -0.4 is 21.5 Å². The van der Waals surface area contributed by atoms with Crippen molar-refractivity contribution in [3.05, 3.63) is 160 Å². The smallest absolute Gasteiger partial charge is 0.293 e. The van der Waals surface area contributed by atoms with Crippen molar-refractivity contribution >= 4 is 45.6 Å². The summed E-state index contributed by atoms with van der Waals surface area (Å²) in [6, 6.07) is 38.5. The maximum absolute atomic E-state index is 7.43. The minimum absolute atomic E-state index is 0.000709. The second-order valence-electron chi connectivity index (χ2n) is 22.1. The number of anilines is 2. The van der Waals surface area contributed by atoms with Crippen molar-refractivity contribution in [2.75, 3.05) is 4.90 Å². The van der Waals surface area contributed by atoms with Gasteiger partial charge in [0.2, 0.25) is 0 Å². The summed E-state index contributed by atoms with van der Waals surface area (Å²) in [6.45, 7) is 24.1. The van der Waals surface area contributed by atoms with Gasteiger partial charge in [0, 0.05) is 22.2 Å². The van der Waals surface area contributed by atoms with Gasteiger partial charge in [0.05, 0.1) is 11.3 Å². The average molecular weight is 786 g/mol. The molecule has 5 aliphatic rings. The molecule has 302 valence electrons. The molecule has 0 spiro atoms. The number of benzene rings is 5. The van der Waals surface area contributed by atoms with E-state index in [0.29, 0.717) is 5.92 Å². The molecule has 60 heavy (non-hydrogen) atoms. The van der Waals surface area contributed by atoms with Crippen LogP contribution in [0.5, 0.6) is 0 Å². The number of hydrogen-bond acceptors (Lipinski definition) is 2. The van der Waals surface area contributed by atoms with Crippen LogP contribution in [0.3, 0.4) is 0 Å². The van der Waals surface area contributed by atoms with E-state index < -0.39 is 0 Å². The van der Waals surface area contributed by atoms with Crippen LogP contribution in [0.25, 0.3) is 22.1 Å². The number of rotatable bonds is 1. The van der Waals surface area contributed by atoms with E-state index in [9.17, 15) is 0 Å². The predicted molar refractivity (Wildman–Crippen MR) is 255 cm³/mol. The van der Waals surface area contributed by atoms with Gasteiger partial charge in [-0.05, 0) is 139 Å². The first kappa shape index (κ1) is 37.9. The van der Waals surface area contributed by atoms with Crippen LogP contribution in [0.4, 0.5) is 11.4 Å². The Kier molecular flexibility index (Phi) is 8.07. The topological polar surface area (TPSA) is 16.4 Å². The summed E-state index contributed by atoms with van der Waals surface area (Å²) in [7, 11) is 0. The lowest BCUT2D eigenvalue weighted by atomic mass is 9.35. The second kappa shape index (κ2) is 12.8. The average Bonchev–Trinajstić information content (AvgIpc) is 3.56. The van der Waals surface area contributed by atoms with E-state index >= 15 is 0 Å². The molecule has 0 amide bonds. The van der Waals surface area contributed by atoms with E-state index in [2.05, 4.69) is 189 Å². The van der Waals surface area contributed by atoms with Gasteiger partial charge in [0.1, 0.15) is 5.58 Å². The molecule has 4 bridgehead atoms. The highest BCUT2D eigenvalue weighted by atomic mass is 16.3. The highest BCUT2D eigenvalue weighted by Gasteiger charge is 2.49. The van der Waals surface area contributed by atoms with E-state index in [1.807, 2.05) is 0 Å². The van der Waals surface area contributed by atoms with Gasteiger partial charge in [0.25, 0.3) is 6.71 Å². The number of nitrogens with zero attached hydrogens (tertiary/aromatic N) is 1. The molecule has 0 fully saturated rings. The minimum Gasteiger partial charge on any atom is -0.468 e. The number of hydrogen-bond donors (Lipinski definition) is 0. The van der Waals surface area contributed by atoms with E-state index in [4.69, 9.17) is 4.42 Å². The monoisotopic (exact) mass is 785 g/mol. The molecular weight excluding hydrogens is 725 g/mol. The first-order valence-corrected chi connectivity index (χ1v) is 22.8. The Balaban J connectivity index is 1.25. The quantitative estimate of drug-likeness (QED) is 0.154. The van der Waals surface area contributed by atoms with Gasteiger partial charge >= 0.3 is 0 Å². The Morgan fingerprint density at radius 3 is 2.35 bits per heavy atom. The summed E-state index contributed by atoms with van der Waals surface area (Å²) in [5.74, 6) is 1.02. The SMILES string of the molecule is CC1c2cccc3c2B(c2cc4c5cc2[C@@H]1Cc1ccccc1-c1cccc(c1)C5(C)CCC4(C)C)c1oc2ccc(C(C)(C)C)cc2c1N3C1=CCC(C(C)(C)C)C=C1. The fourth-order valence-corrected chi connectivity index (χ4v) is 12.1. The van der Waals surface area contributed by atoms with Gasteiger partial charge in [-0.2, -0.15) is 0 Å². The van der Waals surface area contributed by atoms with Gasteiger partial charge in [-0.1, -0.05) is 166 Å². The van der Waals surface area contributed by atoms with Crippen LogP contribution in [-0.4, -0.2) is 6.71 Å². The second-order valence-corrected chi connectivity index (χ2v) is 22.1. The molecule has 3 unspecified atom stereocenters. The van der Waals surface area contributed by atoms with Crippen molar-refractivity contribution in [1.29, 1.82) is 0 Å². The molecule has 0 radical (unpaired) electrons. The predicted octanol–water partition coefficient (Wildman–Crippen LogP) is 13.0. The zero-order valence-electron chi connectivity index (χ0n) is 37.5. The highest BCUT2D eigenvalue weighted by Crippen LogP contribution is 2.53. The van der Waals surface area contributed by atoms with Crippen molar-refractivity contribution in [3.63, 3.8) is 0 Å². The third kappa shape index (κ3) is 5.46. The lowest BCUT2D eigenvalue weighted by Gasteiger charge is -2.45. The summed E-state index contributed by atoms with van der Waals surface area (Å²) in [5, 5.41) is 1.21. The molecule has 4 atom stereocenters. The van der Waals surface area contributed by atoms with Gasteiger partial charge < -0.3 is 9.32 Å². The fourth-order valence-electron chi connectivity index (χ4n) is 12.1.